The second-order valence-electron chi connectivity index (χ2n) is 6.34. The van der Waals surface area contributed by atoms with Crippen molar-refractivity contribution in [3.05, 3.63) is 42.5 Å². The predicted octanol–water partition coefficient (Wildman–Crippen LogP) is 3.29. The fourth-order valence-corrected chi connectivity index (χ4v) is 4.60. The van der Waals surface area contributed by atoms with Crippen LogP contribution in [0.3, 0.4) is 0 Å². The highest BCUT2D eigenvalue weighted by Gasteiger charge is 2.22. The third-order valence-electron chi connectivity index (χ3n) is 4.30. The Morgan fingerprint density at radius 2 is 1.86 bits per heavy atom. The molecule has 28 heavy (non-hydrogen) atoms. The monoisotopic (exact) mass is 419 g/mol. The van der Waals surface area contributed by atoms with Gasteiger partial charge < -0.3 is 10.2 Å². The van der Waals surface area contributed by atoms with Crippen molar-refractivity contribution in [2.75, 3.05) is 27.7 Å². The van der Waals surface area contributed by atoms with Crippen molar-refractivity contribution in [1.29, 1.82) is 0 Å². The molecule has 0 saturated carbocycles. The fourth-order valence-electron chi connectivity index (χ4n) is 2.99. The highest BCUT2D eigenvalue weighted by Crippen LogP contribution is 2.29. The van der Waals surface area contributed by atoms with Crippen LogP contribution in [-0.2, 0) is 19.6 Å². The standard InChI is InChI=1S/C19H21N3O4S2/c1-13(23)20-17-12-16(9-10-18(17)27-2)28(25,26)21-14-5-7-15(8-6-14)22-11-3-4-19(22)24/h5-10,12,21H,3-4,11H2,1-2H3,(H,20,23). The van der Waals surface area contributed by atoms with E-state index in [2.05, 4.69) is 10.0 Å². The molecule has 0 bridgehead atoms. The lowest BCUT2D eigenvalue weighted by atomic mass is 10.2. The van der Waals surface area contributed by atoms with E-state index in [9.17, 15) is 18.0 Å². The lowest BCUT2D eigenvalue weighted by Crippen LogP contribution is -2.23. The number of carbonyl (C=O) groups is 2. The number of sulfonamides is 1. The molecule has 0 radical (unpaired) electrons. The molecule has 0 aromatic heterocycles. The molecule has 2 N–H and O–H groups in total. The first-order chi connectivity index (χ1) is 13.3. The molecule has 1 heterocycles. The van der Waals surface area contributed by atoms with Gasteiger partial charge in [0.2, 0.25) is 11.8 Å². The second-order valence-corrected chi connectivity index (χ2v) is 8.88. The van der Waals surface area contributed by atoms with Crippen LogP contribution in [0.25, 0.3) is 0 Å². The number of rotatable bonds is 6. The Morgan fingerprint density at radius 1 is 1.14 bits per heavy atom. The lowest BCUT2D eigenvalue weighted by molar-refractivity contribution is -0.117. The van der Waals surface area contributed by atoms with Gasteiger partial charge in [0.25, 0.3) is 10.0 Å². The van der Waals surface area contributed by atoms with E-state index in [0.29, 0.717) is 24.3 Å². The molecule has 148 valence electrons. The van der Waals surface area contributed by atoms with Gasteiger partial charge in [0.1, 0.15) is 0 Å². The number of nitrogens with one attached hydrogen (secondary N) is 2. The number of carbonyl (C=O) groups excluding carboxylic acids is 2. The Balaban J connectivity index is 1.81. The van der Waals surface area contributed by atoms with Crippen LogP contribution >= 0.6 is 11.8 Å². The van der Waals surface area contributed by atoms with Crippen molar-refractivity contribution >= 4 is 50.7 Å². The maximum Gasteiger partial charge on any atom is 0.261 e. The third kappa shape index (κ3) is 4.48. The minimum absolute atomic E-state index is 0.0489. The van der Waals surface area contributed by atoms with Gasteiger partial charge >= 0.3 is 0 Å². The van der Waals surface area contributed by atoms with Crippen LogP contribution in [0, 0.1) is 0 Å². The van der Waals surface area contributed by atoms with Gasteiger partial charge in [-0.1, -0.05) is 0 Å². The van der Waals surface area contributed by atoms with Crippen LogP contribution in [-0.4, -0.2) is 33.0 Å². The van der Waals surface area contributed by atoms with Crippen molar-refractivity contribution < 1.29 is 18.0 Å². The van der Waals surface area contributed by atoms with E-state index in [1.807, 2.05) is 6.26 Å². The van der Waals surface area contributed by atoms with Crippen LogP contribution in [0.1, 0.15) is 19.8 Å². The third-order valence-corrected chi connectivity index (χ3v) is 6.47. The van der Waals surface area contributed by atoms with Gasteiger partial charge in [0.05, 0.1) is 10.6 Å². The molecule has 9 heteroatoms. The zero-order valence-corrected chi connectivity index (χ0v) is 17.2. The van der Waals surface area contributed by atoms with Gasteiger partial charge in [0.15, 0.2) is 0 Å². The van der Waals surface area contributed by atoms with Crippen LogP contribution in [0.4, 0.5) is 17.1 Å². The van der Waals surface area contributed by atoms with Gasteiger partial charge in [0, 0.05) is 36.2 Å². The summed E-state index contributed by atoms with van der Waals surface area (Å²) in [5.74, 6) is -0.197. The Hall–Kier alpha value is -2.52. The zero-order valence-electron chi connectivity index (χ0n) is 15.6. The molecule has 7 nitrogen and oxygen atoms in total. The first-order valence-corrected chi connectivity index (χ1v) is 11.4. The molecule has 3 rings (SSSR count). The molecule has 2 aromatic carbocycles. The summed E-state index contributed by atoms with van der Waals surface area (Å²) in [6.07, 6.45) is 3.21. The number of amides is 2. The number of benzene rings is 2. The minimum Gasteiger partial charge on any atom is -0.325 e. The van der Waals surface area contributed by atoms with E-state index in [1.165, 1.54) is 30.8 Å². The Labute approximate surface area is 168 Å². The Bertz CT molecular complexity index is 1000. The summed E-state index contributed by atoms with van der Waals surface area (Å²) in [4.78, 5) is 25.7. The first-order valence-electron chi connectivity index (χ1n) is 8.69. The van der Waals surface area contributed by atoms with E-state index in [-0.39, 0.29) is 16.7 Å². The molecule has 2 aromatic rings. The summed E-state index contributed by atoms with van der Waals surface area (Å²) in [5, 5.41) is 2.65. The average Bonchev–Trinajstić information content (AvgIpc) is 3.07. The maximum atomic E-state index is 12.7. The molecule has 0 atom stereocenters. The highest BCUT2D eigenvalue weighted by molar-refractivity contribution is 7.98. The van der Waals surface area contributed by atoms with Crippen LogP contribution in [0.2, 0.25) is 0 Å². The van der Waals surface area contributed by atoms with Gasteiger partial charge in [-0.05, 0) is 55.1 Å². The molecule has 1 aliphatic rings. The van der Waals surface area contributed by atoms with Gasteiger partial charge in [-0.25, -0.2) is 8.42 Å². The van der Waals surface area contributed by atoms with Crippen molar-refractivity contribution in [2.24, 2.45) is 0 Å². The van der Waals surface area contributed by atoms with E-state index in [0.717, 1.165) is 17.0 Å². The van der Waals surface area contributed by atoms with E-state index < -0.39 is 10.0 Å². The smallest absolute Gasteiger partial charge is 0.261 e. The van der Waals surface area contributed by atoms with E-state index >= 15 is 0 Å². The molecule has 1 saturated heterocycles. The quantitative estimate of drug-likeness (QED) is 0.701. The number of hydrogen-bond acceptors (Lipinski definition) is 5. The summed E-state index contributed by atoms with van der Waals surface area (Å²) in [6, 6.07) is 11.3. The van der Waals surface area contributed by atoms with Crippen LogP contribution in [0.15, 0.2) is 52.3 Å². The second kappa shape index (κ2) is 8.24. The maximum absolute atomic E-state index is 12.7. The molecule has 0 spiro atoms. The number of thioether (sulfide) groups is 1. The zero-order chi connectivity index (χ0) is 20.3. The van der Waals surface area contributed by atoms with Crippen LogP contribution in [0.5, 0.6) is 0 Å². The normalized spacial score (nSPS) is 14.2. The van der Waals surface area contributed by atoms with E-state index in [1.54, 1.807) is 35.2 Å². The molecular weight excluding hydrogens is 398 g/mol. The molecular formula is C19H21N3O4S2. The van der Waals surface area contributed by atoms with Gasteiger partial charge in [-0.2, -0.15) is 0 Å². The van der Waals surface area contributed by atoms with Gasteiger partial charge in [-0.15, -0.1) is 11.8 Å². The Kier molecular flexibility index (Phi) is 5.95. The van der Waals surface area contributed by atoms with Crippen molar-refractivity contribution in [2.45, 2.75) is 29.6 Å². The minimum atomic E-state index is -3.83. The number of nitrogens with zero attached hydrogens (tertiary/aromatic N) is 1. The molecule has 1 aliphatic heterocycles. The van der Waals surface area contributed by atoms with Crippen molar-refractivity contribution in [3.8, 4) is 0 Å². The van der Waals surface area contributed by atoms with Gasteiger partial charge in [-0.3, -0.25) is 14.3 Å². The van der Waals surface area contributed by atoms with Crippen molar-refractivity contribution in [3.63, 3.8) is 0 Å². The fraction of sp³-hybridized carbons (Fsp3) is 0.263. The first kappa shape index (κ1) is 20.2. The Morgan fingerprint density at radius 3 is 2.43 bits per heavy atom. The van der Waals surface area contributed by atoms with Crippen LogP contribution < -0.4 is 14.9 Å². The summed E-state index contributed by atoms with van der Waals surface area (Å²) < 4.78 is 28.0. The molecule has 0 unspecified atom stereocenters. The molecule has 1 fully saturated rings. The topological polar surface area (TPSA) is 95.6 Å². The number of anilines is 3. The largest absolute Gasteiger partial charge is 0.325 e. The number of hydrogen-bond donors (Lipinski definition) is 2. The van der Waals surface area contributed by atoms with E-state index in [4.69, 9.17) is 0 Å². The molecule has 2 amide bonds. The summed E-state index contributed by atoms with van der Waals surface area (Å²) in [6.45, 7) is 2.05. The molecule has 0 aliphatic carbocycles. The summed E-state index contributed by atoms with van der Waals surface area (Å²) in [5.41, 5.74) is 1.60. The SMILES string of the molecule is CSc1ccc(S(=O)(=O)Nc2ccc(N3CCCC3=O)cc2)cc1NC(C)=O. The summed E-state index contributed by atoms with van der Waals surface area (Å²) in [7, 11) is -3.83. The highest BCUT2D eigenvalue weighted by atomic mass is 32.2. The van der Waals surface area contributed by atoms with Crippen molar-refractivity contribution in [1.82, 2.24) is 0 Å². The lowest BCUT2D eigenvalue weighted by Gasteiger charge is -2.16. The average molecular weight is 420 g/mol. The summed E-state index contributed by atoms with van der Waals surface area (Å²) >= 11 is 1.41. The predicted molar refractivity (Wildman–Crippen MR) is 111 cm³/mol.